The van der Waals surface area contributed by atoms with E-state index in [2.05, 4.69) is 52.8 Å². The van der Waals surface area contributed by atoms with Gasteiger partial charge in [-0.15, -0.1) is 0 Å². The van der Waals surface area contributed by atoms with Crippen LogP contribution in [-0.4, -0.2) is 12.9 Å². The topological polar surface area (TPSA) is 26.3 Å². The van der Waals surface area contributed by atoms with E-state index in [-0.39, 0.29) is 16.9 Å². The van der Waals surface area contributed by atoms with Crippen LogP contribution in [0.3, 0.4) is 0 Å². The summed E-state index contributed by atoms with van der Waals surface area (Å²) >= 11 is 0. The number of methoxy groups -OCH3 is 1. The Morgan fingerprint density at radius 2 is 1.91 bits per heavy atom. The SMILES string of the molecule is CO[C@@H]1CC2C(C)(C)C(=O)CC[C@]2(C)c2ccc(C(C)C)cc21. The maximum absolute atomic E-state index is 12.5. The maximum Gasteiger partial charge on any atom is 0.138 e. The first-order valence-corrected chi connectivity index (χ1v) is 8.92. The van der Waals surface area contributed by atoms with Crippen LogP contribution in [0.1, 0.15) is 82.6 Å². The summed E-state index contributed by atoms with van der Waals surface area (Å²) in [6.07, 6.45) is 2.71. The zero-order valence-electron chi connectivity index (χ0n) is 15.4. The molecule has 0 saturated heterocycles. The van der Waals surface area contributed by atoms with Gasteiger partial charge in [-0.1, -0.05) is 52.8 Å². The molecule has 0 heterocycles. The van der Waals surface area contributed by atoms with Gasteiger partial charge in [0.15, 0.2) is 0 Å². The molecule has 126 valence electrons. The number of carbonyl (C=O) groups excluding carboxylic acids is 1. The van der Waals surface area contributed by atoms with Crippen molar-refractivity contribution in [1.82, 2.24) is 0 Å². The molecule has 2 nitrogen and oxygen atoms in total. The molecule has 3 atom stereocenters. The quantitative estimate of drug-likeness (QED) is 0.753. The van der Waals surface area contributed by atoms with Crippen LogP contribution in [0, 0.1) is 11.3 Å². The molecule has 1 fully saturated rings. The first-order valence-electron chi connectivity index (χ1n) is 8.92. The fraction of sp³-hybridized carbons (Fsp3) is 0.667. The minimum atomic E-state index is -0.266. The van der Waals surface area contributed by atoms with Crippen molar-refractivity contribution < 1.29 is 9.53 Å². The predicted molar refractivity (Wildman–Crippen MR) is 93.8 cm³/mol. The molecule has 2 aliphatic rings. The second-order valence-electron chi connectivity index (χ2n) is 8.58. The fourth-order valence-corrected chi connectivity index (χ4v) is 5.03. The largest absolute Gasteiger partial charge is 0.377 e. The third kappa shape index (κ3) is 2.38. The van der Waals surface area contributed by atoms with E-state index in [9.17, 15) is 4.79 Å². The predicted octanol–water partition coefficient (Wildman–Crippen LogP) is 5.16. The normalized spacial score (nSPS) is 32.6. The first kappa shape index (κ1) is 16.7. The Morgan fingerprint density at radius 3 is 2.52 bits per heavy atom. The summed E-state index contributed by atoms with van der Waals surface area (Å²) in [7, 11) is 1.80. The third-order valence-corrected chi connectivity index (χ3v) is 6.67. The molecule has 23 heavy (non-hydrogen) atoms. The lowest BCUT2D eigenvalue weighted by molar-refractivity contribution is -0.139. The average Bonchev–Trinajstić information content (AvgIpc) is 2.51. The van der Waals surface area contributed by atoms with Crippen LogP contribution in [-0.2, 0) is 14.9 Å². The van der Waals surface area contributed by atoms with Crippen LogP contribution in [0.25, 0.3) is 0 Å². The van der Waals surface area contributed by atoms with Crippen LogP contribution in [0.5, 0.6) is 0 Å². The van der Waals surface area contributed by atoms with Crippen molar-refractivity contribution in [2.75, 3.05) is 7.11 Å². The highest BCUT2D eigenvalue weighted by molar-refractivity contribution is 5.86. The van der Waals surface area contributed by atoms with Crippen LogP contribution in [0.4, 0.5) is 0 Å². The first-order chi connectivity index (χ1) is 10.7. The maximum atomic E-state index is 12.5. The Hall–Kier alpha value is -1.15. The molecule has 1 unspecified atom stereocenters. The molecule has 0 bridgehead atoms. The van der Waals surface area contributed by atoms with Gasteiger partial charge in [-0.2, -0.15) is 0 Å². The molecule has 0 amide bonds. The van der Waals surface area contributed by atoms with Crippen molar-refractivity contribution in [2.45, 2.75) is 71.3 Å². The summed E-state index contributed by atoms with van der Waals surface area (Å²) in [5.41, 5.74) is 3.95. The molecule has 1 aromatic rings. The van der Waals surface area contributed by atoms with Gasteiger partial charge >= 0.3 is 0 Å². The molecule has 2 aliphatic carbocycles. The molecule has 0 N–H and O–H groups in total. The number of carbonyl (C=O) groups is 1. The van der Waals surface area contributed by atoms with Gasteiger partial charge in [0, 0.05) is 18.9 Å². The van der Waals surface area contributed by atoms with Gasteiger partial charge in [0.25, 0.3) is 0 Å². The number of benzene rings is 1. The van der Waals surface area contributed by atoms with Crippen LogP contribution < -0.4 is 0 Å². The second-order valence-corrected chi connectivity index (χ2v) is 8.58. The van der Waals surface area contributed by atoms with E-state index in [4.69, 9.17) is 4.74 Å². The van der Waals surface area contributed by atoms with E-state index < -0.39 is 0 Å². The van der Waals surface area contributed by atoms with Crippen molar-refractivity contribution in [1.29, 1.82) is 0 Å². The van der Waals surface area contributed by atoms with E-state index in [1.807, 2.05) is 0 Å². The second kappa shape index (κ2) is 5.44. The average molecular weight is 314 g/mol. The van der Waals surface area contributed by atoms with E-state index in [1.54, 1.807) is 7.11 Å². The molecular weight excluding hydrogens is 284 g/mol. The molecule has 2 heteroatoms. The van der Waals surface area contributed by atoms with Gasteiger partial charge in [0.2, 0.25) is 0 Å². The minimum Gasteiger partial charge on any atom is -0.377 e. The van der Waals surface area contributed by atoms with E-state index >= 15 is 0 Å². The Bertz CT molecular complexity index is 629. The van der Waals surface area contributed by atoms with Gasteiger partial charge in [-0.05, 0) is 46.8 Å². The smallest absolute Gasteiger partial charge is 0.138 e. The standard InChI is InChI=1S/C21H30O2/c1-13(2)14-7-8-16-15(11-14)17(23-6)12-18-20(3,4)19(22)9-10-21(16,18)5/h7-8,11,13,17-18H,9-10,12H2,1-6H3/t17-,18?,21-/m1/s1. The number of Topliss-reactive ketones (excluding diaryl/α,β-unsaturated/α-hetero) is 1. The number of rotatable bonds is 2. The summed E-state index contributed by atoms with van der Waals surface area (Å²) < 4.78 is 5.86. The van der Waals surface area contributed by atoms with Gasteiger partial charge in [-0.3, -0.25) is 4.79 Å². The zero-order valence-corrected chi connectivity index (χ0v) is 15.4. The summed E-state index contributed by atoms with van der Waals surface area (Å²) in [6, 6.07) is 6.93. The lowest BCUT2D eigenvalue weighted by atomic mass is 9.49. The summed E-state index contributed by atoms with van der Waals surface area (Å²) in [5.74, 6) is 1.28. The molecule has 0 aliphatic heterocycles. The Morgan fingerprint density at radius 1 is 1.22 bits per heavy atom. The number of fused-ring (bicyclic) bond motifs is 3. The highest BCUT2D eigenvalue weighted by atomic mass is 16.5. The van der Waals surface area contributed by atoms with Gasteiger partial charge in [0.05, 0.1) is 6.10 Å². The van der Waals surface area contributed by atoms with E-state index in [0.717, 1.165) is 12.8 Å². The van der Waals surface area contributed by atoms with Crippen LogP contribution in [0.2, 0.25) is 0 Å². The molecule has 1 saturated carbocycles. The highest BCUT2D eigenvalue weighted by Gasteiger charge is 2.55. The molecule has 0 aromatic heterocycles. The lowest BCUT2D eigenvalue weighted by Gasteiger charge is -2.54. The zero-order chi connectivity index (χ0) is 17.0. The van der Waals surface area contributed by atoms with Crippen molar-refractivity contribution in [2.24, 2.45) is 11.3 Å². The van der Waals surface area contributed by atoms with Crippen molar-refractivity contribution in [3.8, 4) is 0 Å². The Kier molecular flexibility index (Phi) is 3.95. The molecule has 1 aromatic carbocycles. The number of ether oxygens (including phenoxy) is 1. The van der Waals surface area contributed by atoms with Gasteiger partial charge < -0.3 is 4.74 Å². The third-order valence-electron chi connectivity index (χ3n) is 6.67. The fourth-order valence-electron chi connectivity index (χ4n) is 5.03. The van der Waals surface area contributed by atoms with E-state index in [0.29, 0.717) is 24.0 Å². The van der Waals surface area contributed by atoms with Gasteiger partial charge in [-0.25, -0.2) is 0 Å². The summed E-state index contributed by atoms with van der Waals surface area (Å²) in [5, 5.41) is 0. The number of hydrogen-bond donors (Lipinski definition) is 0. The molecular formula is C21H30O2. The lowest BCUT2D eigenvalue weighted by Crippen LogP contribution is -2.53. The summed E-state index contributed by atoms with van der Waals surface area (Å²) in [6.45, 7) is 11.1. The van der Waals surface area contributed by atoms with Gasteiger partial charge in [0.1, 0.15) is 5.78 Å². The monoisotopic (exact) mass is 314 g/mol. The van der Waals surface area contributed by atoms with Crippen molar-refractivity contribution in [3.63, 3.8) is 0 Å². The van der Waals surface area contributed by atoms with Crippen molar-refractivity contribution >= 4 is 5.78 Å². The van der Waals surface area contributed by atoms with Crippen LogP contribution in [0.15, 0.2) is 18.2 Å². The Balaban J connectivity index is 2.16. The molecule has 0 spiro atoms. The molecule has 0 radical (unpaired) electrons. The number of ketones is 1. The van der Waals surface area contributed by atoms with Crippen molar-refractivity contribution in [3.05, 3.63) is 34.9 Å². The van der Waals surface area contributed by atoms with E-state index in [1.165, 1.54) is 16.7 Å². The minimum absolute atomic E-state index is 0.0806. The number of hydrogen-bond acceptors (Lipinski definition) is 2. The Labute approximate surface area is 140 Å². The molecule has 3 rings (SSSR count). The van der Waals surface area contributed by atoms with Crippen LogP contribution >= 0.6 is 0 Å². The summed E-state index contributed by atoms with van der Waals surface area (Å²) in [4.78, 5) is 12.5. The highest BCUT2D eigenvalue weighted by Crippen LogP contribution is 2.58.